The summed E-state index contributed by atoms with van der Waals surface area (Å²) >= 11 is 1.13. The molecule has 2 aromatic rings. The van der Waals surface area contributed by atoms with E-state index in [0.29, 0.717) is 16.2 Å². The first kappa shape index (κ1) is 14.5. The Hall–Kier alpha value is -1.90. The molecule has 0 amide bonds. The van der Waals surface area contributed by atoms with Crippen molar-refractivity contribution in [3.63, 3.8) is 0 Å². The van der Waals surface area contributed by atoms with Crippen molar-refractivity contribution in [2.45, 2.75) is 4.90 Å². The number of oxime groups is 1. The monoisotopic (exact) mass is 312 g/mol. The molecule has 0 fully saturated rings. The van der Waals surface area contributed by atoms with Crippen molar-refractivity contribution in [3.8, 4) is 5.75 Å². The zero-order chi connectivity index (χ0) is 14.8. The van der Waals surface area contributed by atoms with Gasteiger partial charge in [0.05, 0.1) is 16.9 Å². The number of primary sulfonamides is 1. The van der Waals surface area contributed by atoms with E-state index in [1.165, 1.54) is 11.4 Å². The molecule has 1 heterocycles. The number of hydrogen-bond acceptors (Lipinski definition) is 6. The normalized spacial score (nSPS) is 12.4. The Kier molecular flexibility index (Phi) is 4.07. The van der Waals surface area contributed by atoms with Gasteiger partial charge in [0.2, 0.25) is 10.0 Å². The Morgan fingerprint density at radius 3 is 2.45 bits per heavy atom. The summed E-state index contributed by atoms with van der Waals surface area (Å²) in [5, 5.41) is 18.8. The first-order chi connectivity index (χ1) is 9.45. The molecule has 1 aromatic heterocycles. The summed E-state index contributed by atoms with van der Waals surface area (Å²) in [7, 11) is -2.21. The van der Waals surface area contributed by atoms with Gasteiger partial charge in [-0.05, 0) is 30.3 Å². The molecule has 0 spiro atoms. The standard InChI is InChI=1S/C12H12N2O4S2/c1-18-9-4-2-8(3-5-9)12(14-15)11-6-10(7-19-11)20(13,16)17/h2-7,15H,1H3,(H2,13,16,17)/b14-12+. The molecule has 2 rings (SSSR count). The molecule has 0 saturated carbocycles. The second-order valence-corrected chi connectivity index (χ2v) is 6.34. The first-order valence-electron chi connectivity index (χ1n) is 5.44. The van der Waals surface area contributed by atoms with Crippen LogP contribution in [0.15, 0.2) is 45.8 Å². The van der Waals surface area contributed by atoms with E-state index in [2.05, 4.69) is 5.16 Å². The number of ether oxygens (including phenoxy) is 1. The summed E-state index contributed by atoms with van der Waals surface area (Å²) in [4.78, 5) is 0.494. The molecule has 106 valence electrons. The van der Waals surface area contributed by atoms with Crippen molar-refractivity contribution < 1.29 is 18.4 Å². The highest BCUT2D eigenvalue weighted by molar-refractivity contribution is 7.89. The summed E-state index contributed by atoms with van der Waals surface area (Å²) in [6.07, 6.45) is 0. The van der Waals surface area contributed by atoms with Gasteiger partial charge in [0.1, 0.15) is 11.5 Å². The minimum atomic E-state index is -3.76. The van der Waals surface area contributed by atoms with E-state index in [-0.39, 0.29) is 10.6 Å². The predicted octanol–water partition coefficient (Wildman–Crippen LogP) is 1.63. The molecule has 0 atom stereocenters. The Balaban J connectivity index is 2.40. The molecular formula is C12H12N2O4S2. The van der Waals surface area contributed by atoms with Gasteiger partial charge in [-0.2, -0.15) is 0 Å². The van der Waals surface area contributed by atoms with E-state index in [4.69, 9.17) is 15.1 Å². The van der Waals surface area contributed by atoms with Crippen molar-refractivity contribution in [1.82, 2.24) is 0 Å². The van der Waals surface area contributed by atoms with Crippen LogP contribution in [0.4, 0.5) is 0 Å². The molecule has 0 bridgehead atoms. The third-order valence-corrected chi connectivity index (χ3v) is 4.58. The van der Waals surface area contributed by atoms with Gasteiger partial charge in [0, 0.05) is 10.9 Å². The Labute approximate surface area is 120 Å². The maximum atomic E-state index is 11.2. The molecule has 0 radical (unpaired) electrons. The smallest absolute Gasteiger partial charge is 0.238 e. The molecule has 0 aliphatic heterocycles. The van der Waals surface area contributed by atoms with Gasteiger partial charge in [-0.25, -0.2) is 13.6 Å². The first-order valence-corrected chi connectivity index (χ1v) is 7.86. The highest BCUT2D eigenvalue weighted by atomic mass is 32.2. The van der Waals surface area contributed by atoms with Crippen LogP contribution < -0.4 is 9.88 Å². The van der Waals surface area contributed by atoms with Gasteiger partial charge in [-0.15, -0.1) is 11.3 Å². The van der Waals surface area contributed by atoms with Crippen molar-refractivity contribution in [1.29, 1.82) is 0 Å². The van der Waals surface area contributed by atoms with Crippen LogP contribution in [0, 0.1) is 0 Å². The molecule has 0 aliphatic carbocycles. The number of nitrogens with two attached hydrogens (primary N) is 1. The van der Waals surface area contributed by atoms with Crippen LogP contribution in [-0.4, -0.2) is 26.4 Å². The maximum Gasteiger partial charge on any atom is 0.238 e. The lowest BCUT2D eigenvalue weighted by Crippen LogP contribution is -2.11. The third-order valence-electron chi connectivity index (χ3n) is 2.60. The zero-order valence-electron chi connectivity index (χ0n) is 10.5. The quantitative estimate of drug-likeness (QED) is 0.509. The molecule has 3 N–H and O–H groups in total. The Morgan fingerprint density at radius 2 is 2.00 bits per heavy atom. The summed E-state index contributed by atoms with van der Waals surface area (Å²) < 4.78 is 27.5. The molecule has 0 aliphatic rings. The lowest BCUT2D eigenvalue weighted by molar-refractivity contribution is 0.319. The van der Waals surface area contributed by atoms with Crippen molar-refractivity contribution >= 4 is 27.1 Å². The number of thiophene rings is 1. The van der Waals surface area contributed by atoms with Crippen molar-refractivity contribution in [3.05, 3.63) is 46.2 Å². The molecule has 0 unspecified atom stereocenters. The molecular weight excluding hydrogens is 300 g/mol. The average molecular weight is 312 g/mol. The van der Waals surface area contributed by atoms with E-state index >= 15 is 0 Å². The number of methoxy groups -OCH3 is 1. The van der Waals surface area contributed by atoms with Crippen LogP contribution in [0.3, 0.4) is 0 Å². The average Bonchev–Trinajstić information content (AvgIpc) is 2.90. The summed E-state index contributed by atoms with van der Waals surface area (Å²) in [6, 6.07) is 8.23. The highest BCUT2D eigenvalue weighted by Gasteiger charge is 2.15. The molecule has 8 heteroatoms. The van der Waals surface area contributed by atoms with E-state index < -0.39 is 10.0 Å². The number of hydrogen-bond donors (Lipinski definition) is 2. The molecule has 0 saturated heterocycles. The van der Waals surface area contributed by atoms with E-state index in [0.717, 1.165) is 11.3 Å². The number of rotatable bonds is 4. The van der Waals surface area contributed by atoms with Crippen LogP contribution in [0.25, 0.3) is 0 Å². The van der Waals surface area contributed by atoms with Gasteiger partial charge < -0.3 is 9.94 Å². The number of nitrogens with zero attached hydrogens (tertiary/aromatic N) is 1. The van der Waals surface area contributed by atoms with Gasteiger partial charge in [0.25, 0.3) is 0 Å². The maximum absolute atomic E-state index is 11.2. The number of benzene rings is 1. The fourth-order valence-corrected chi connectivity index (χ4v) is 3.40. The predicted molar refractivity (Wildman–Crippen MR) is 76.1 cm³/mol. The van der Waals surface area contributed by atoms with Crippen molar-refractivity contribution in [2.75, 3.05) is 7.11 Å². The van der Waals surface area contributed by atoms with Gasteiger partial charge in [-0.1, -0.05) is 5.16 Å². The lowest BCUT2D eigenvalue weighted by atomic mass is 10.1. The minimum Gasteiger partial charge on any atom is -0.497 e. The largest absolute Gasteiger partial charge is 0.497 e. The molecule has 1 aromatic carbocycles. The SMILES string of the molecule is COc1ccc(/C(=N\O)c2cc(S(N)(=O)=O)cs2)cc1. The number of sulfonamides is 1. The van der Waals surface area contributed by atoms with Crippen LogP contribution in [0.5, 0.6) is 5.75 Å². The van der Waals surface area contributed by atoms with Crippen molar-refractivity contribution in [2.24, 2.45) is 10.3 Å². The topological polar surface area (TPSA) is 102 Å². The van der Waals surface area contributed by atoms with Crippen LogP contribution in [-0.2, 0) is 10.0 Å². The third kappa shape index (κ3) is 2.98. The summed E-state index contributed by atoms with van der Waals surface area (Å²) in [5.41, 5.74) is 0.906. The van der Waals surface area contributed by atoms with Crippen LogP contribution >= 0.6 is 11.3 Å². The summed E-state index contributed by atoms with van der Waals surface area (Å²) in [6.45, 7) is 0. The zero-order valence-corrected chi connectivity index (χ0v) is 12.1. The van der Waals surface area contributed by atoms with Gasteiger partial charge in [-0.3, -0.25) is 0 Å². The van der Waals surface area contributed by atoms with E-state index in [9.17, 15) is 8.42 Å². The van der Waals surface area contributed by atoms with Gasteiger partial charge >= 0.3 is 0 Å². The Bertz CT molecular complexity index is 733. The van der Waals surface area contributed by atoms with E-state index in [1.54, 1.807) is 31.4 Å². The molecule has 20 heavy (non-hydrogen) atoms. The Morgan fingerprint density at radius 1 is 1.35 bits per heavy atom. The minimum absolute atomic E-state index is 0.00726. The summed E-state index contributed by atoms with van der Waals surface area (Å²) in [5.74, 6) is 0.669. The van der Waals surface area contributed by atoms with Crippen LogP contribution in [0.2, 0.25) is 0 Å². The van der Waals surface area contributed by atoms with Crippen LogP contribution in [0.1, 0.15) is 10.4 Å². The lowest BCUT2D eigenvalue weighted by Gasteiger charge is -2.03. The van der Waals surface area contributed by atoms with E-state index in [1.807, 2.05) is 0 Å². The molecule has 6 nitrogen and oxygen atoms in total. The fourth-order valence-electron chi connectivity index (χ4n) is 1.59. The second-order valence-electron chi connectivity index (χ2n) is 3.87. The van der Waals surface area contributed by atoms with Gasteiger partial charge in [0.15, 0.2) is 0 Å². The highest BCUT2D eigenvalue weighted by Crippen LogP contribution is 2.23. The fraction of sp³-hybridized carbons (Fsp3) is 0.0833. The second kappa shape index (κ2) is 5.61.